The molecule has 22 heavy (non-hydrogen) atoms. The van der Waals surface area contributed by atoms with Gasteiger partial charge in [0, 0.05) is 11.6 Å². The summed E-state index contributed by atoms with van der Waals surface area (Å²) in [6.45, 7) is 2.25. The molecule has 1 N–H and O–H groups in total. The lowest BCUT2D eigenvalue weighted by Gasteiger charge is -2.06. The molecule has 0 spiro atoms. The molecule has 2 rings (SSSR count). The molecule has 2 atom stereocenters. The van der Waals surface area contributed by atoms with Gasteiger partial charge in [0.25, 0.3) is 0 Å². The van der Waals surface area contributed by atoms with E-state index in [1.165, 1.54) is 44.9 Å². The fraction of sp³-hybridized carbons (Fsp3) is 0.632. The number of amides is 1. The second-order valence-corrected chi connectivity index (χ2v) is 6.38. The first kappa shape index (κ1) is 16.9. The van der Waals surface area contributed by atoms with E-state index in [-0.39, 0.29) is 11.8 Å². The summed E-state index contributed by atoms with van der Waals surface area (Å²) < 4.78 is 5.12. The van der Waals surface area contributed by atoms with Gasteiger partial charge in [-0.15, -0.1) is 0 Å². The number of benzene rings is 1. The van der Waals surface area contributed by atoms with Gasteiger partial charge in [-0.2, -0.15) is 0 Å². The quantitative estimate of drug-likeness (QED) is 0.616. The first-order chi connectivity index (χ1) is 10.7. The number of hydrogen-bond acceptors (Lipinski definition) is 2. The van der Waals surface area contributed by atoms with Crippen molar-refractivity contribution in [3.8, 4) is 5.75 Å². The maximum absolute atomic E-state index is 12.2. The highest BCUT2D eigenvalue weighted by atomic mass is 16.5. The molecule has 3 heteroatoms. The van der Waals surface area contributed by atoms with Gasteiger partial charge in [-0.25, -0.2) is 0 Å². The van der Waals surface area contributed by atoms with E-state index in [9.17, 15) is 4.79 Å². The number of hydrogen-bond donors (Lipinski definition) is 1. The number of nitrogens with one attached hydrogen (secondary N) is 1. The van der Waals surface area contributed by atoms with Crippen molar-refractivity contribution in [1.29, 1.82) is 0 Å². The summed E-state index contributed by atoms with van der Waals surface area (Å²) in [5.74, 6) is 1.84. The Morgan fingerprint density at radius 3 is 2.50 bits per heavy atom. The van der Waals surface area contributed by atoms with Crippen molar-refractivity contribution in [1.82, 2.24) is 0 Å². The lowest BCUT2D eigenvalue weighted by Crippen LogP contribution is -2.14. The Morgan fingerprint density at radius 1 is 1.14 bits per heavy atom. The second-order valence-electron chi connectivity index (χ2n) is 6.38. The molecule has 1 aliphatic rings. The zero-order valence-corrected chi connectivity index (χ0v) is 13.9. The van der Waals surface area contributed by atoms with Gasteiger partial charge in [-0.1, -0.05) is 45.4 Å². The zero-order valence-electron chi connectivity index (χ0n) is 13.9. The largest absolute Gasteiger partial charge is 0.497 e. The molecule has 1 aromatic rings. The minimum absolute atomic E-state index is 0.182. The fourth-order valence-corrected chi connectivity index (χ4v) is 2.98. The van der Waals surface area contributed by atoms with Crippen molar-refractivity contribution in [2.75, 3.05) is 12.4 Å². The predicted octanol–water partition coefficient (Wildman–Crippen LogP) is 5.02. The second kappa shape index (κ2) is 8.82. The Balaban J connectivity index is 1.61. The van der Waals surface area contributed by atoms with Crippen LogP contribution in [-0.4, -0.2) is 13.0 Å². The summed E-state index contributed by atoms with van der Waals surface area (Å²) in [7, 11) is 1.64. The van der Waals surface area contributed by atoms with Gasteiger partial charge in [0.15, 0.2) is 0 Å². The Kier molecular flexibility index (Phi) is 6.75. The third kappa shape index (κ3) is 5.36. The normalized spacial score (nSPS) is 19.7. The Bertz CT molecular complexity index is 455. The van der Waals surface area contributed by atoms with Crippen LogP contribution in [0.3, 0.4) is 0 Å². The van der Waals surface area contributed by atoms with E-state index in [0.717, 1.165) is 17.9 Å². The monoisotopic (exact) mass is 303 g/mol. The molecule has 1 aromatic carbocycles. The molecule has 0 radical (unpaired) electrons. The van der Waals surface area contributed by atoms with Crippen molar-refractivity contribution in [2.45, 2.75) is 58.3 Å². The van der Waals surface area contributed by atoms with Crippen LogP contribution in [0.5, 0.6) is 5.75 Å². The van der Waals surface area contributed by atoms with Crippen molar-refractivity contribution >= 4 is 11.6 Å². The van der Waals surface area contributed by atoms with Gasteiger partial charge in [0.1, 0.15) is 5.75 Å². The van der Waals surface area contributed by atoms with Gasteiger partial charge >= 0.3 is 0 Å². The lowest BCUT2D eigenvalue weighted by molar-refractivity contribution is -0.117. The van der Waals surface area contributed by atoms with E-state index < -0.39 is 0 Å². The molecule has 3 nitrogen and oxygen atoms in total. The summed E-state index contributed by atoms with van der Waals surface area (Å²) in [6, 6.07) is 7.52. The molecule has 0 bridgehead atoms. The highest BCUT2D eigenvalue weighted by Crippen LogP contribution is 2.43. The molecule has 122 valence electrons. The van der Waals surface area contributed by atoms with E-state index in [0.29, 0.717) is 5.92 Å². The number of carbonyl (C=O) groups excluding carboxylic acids is 1. The molecule has 0 aliphatic heterocycles. The zero-order chi connectivity index (χ0) is 15.8. The number of carbonyl (C=O) groups is 1. The van der Waals surface area contributed by atoms with E-state index in [2.05, 4.69) is 12.2 Å². The van der Waals surface area contributed by atoms with Gasteiger partial charge in [-0.05, 0) is 43.0 Å². The number of methoxy groups -OCH3 is 1. The summed E-state index contributed by atoms with van der Waals surface area (Å²) in [5, 5.41) is 3.01. The van der Waals surface area contributed by atoms with Crippen LogP contribution in [0.25, 0.3) is 0 Å². The highest BCUT2D eigenvalue weighted by molar-refractivity contribution is 5.94. The molecular formula is C19H29NO2. The number of ether oxygens (including phenoxy) is 1. The van der Waals surface area contributed by atoms with Crippen LogP contribution in [-0.2, 0) is 4.79 Å². The third-order valence-corrected chi connectivity index (χ3v) is 4.55. The minimum Gasteiger partial charge on any atom is -0.497 e. The van der Waals surface area contributed by atoms with Crippen LogP contribution >= 0.6 is 0 Å². The molecule has 0 aromatic heterocycles. The molecule has 2 unspecified atom stereocenters. The average Bonchev–Trinajstić information content (AvgIpc) is 3.31. The van der Waals surface area contributed by atoms with E-state index in [1.54, 1.807) is 7.11 Å². The summed E-state index contributed by atoms with van der Waals surface area (Å²) in [6.07, 6.45) is 10.3. The van der Waals surface area contributed by atoms with Gasteiger partial charge < -0.3 is 10.1 Å². The lowest BCUT2D eigenvalue weighted by atomic mass is 10.1. The number of rotatable bonds is 10. The van der Waals surface area contributed by atoms with Crippen LogP contribution in [0.15, 0.2) is 24.3 Å². The Hall–Kier alpha value is -1.51. The third-order valence-electron chi connectivity index (χ3n) is 4.55. The first-order valence-electron chi connectivity index (χ1n) is 8.69. The van der Waals surface area contributed by atoms with Crippen molar-refractivity contribution in [3.63, 3.8) is 0 Å². The summed E-state index contributed by atoms with van der Waals surface area (Å²) in [5.41, 5.74) is 0.857. The van der Waals surface area contributed by atoms with Gasteiger partial charge in [-0.3, -0.25) is 4.79 Å². The van der Waals surface area contributed by atoms with Gasteiger partial charge in [0.2, 0.25) is 5.91 Å². The van der Waals surface area contributed by atoms with Crippen molar-refractivity contribution < 1.29 is 9.53 Å². The smallest absolute Gasteiger partial charge is 0.227 e. The molecule has 0 heterocycles. The molecule has 1 saturated carbocycles. The standard InChI is InChI=1S/C19H29NO2/c1-3-4-5-6-7-8-9-15-14-18(15)19(21)20-16-10-12-17(22-2)13-11-16/h10-13,15,18H,3-9,14H2,1-2H3,(H,20,21). The Morgan fingerprint density at radius 2 is 1.82 bits per heavy atom. The molecule has 1 fully saturated rings. The minimum atomic E-state index is 0.182. The molecule has 1 amide bonds. The van der Waals surface area contributed by atoms with Crippen LogP contribution in [0.4, 0.5) is 5.69 Å². The maximum atomic E-state index is 12.2. The average molecular weight is 303 g/mol. The fourth-order valence-electron chi connectivity index (χ4n) is 2.98. The first-order valence-corrected chi connectivity index (χ1v) is 8.69. The predicted molar refractivity (Wildman–Crippen MR) is 91.2 cm³/mol. The van der Waals surface area contributed by atoms with Crippen LogP contribution in [0.2, 0.25) is 0 Å². The van der Waals surface area contributed by atoms with Gasteiger partial charge in [0.05, 0.1) is 7.11 Å². The highest BCUT2D eigenvalue weighted by Gasteiger charge is 2.42. The summed E-state index contributed by atoms with van der Waals surface area (Å²) >= 11 is 0. The Labute approximate surface area is 134 Å². The van der Waals surface area contributed by atoms with E-state index >= 15 is 0 Å². The van der Waals surface area contributed by atoms with Crippen LogP contribution < -0.4 is 10.1 Å². The number of anilines is 1. The van der Waals surface area contributed by atoms with Crippen molar-refractivity contribution in [3.05, 3.63) is 24.3 Å². The van der Waals surface area contributed by atoms with E-state index in [1.807, 2.05) is 24.3 Å². The topological polar surface area (TPSA) is 38.3 Å². The molecule has 0 saturated heterocycles. The van der Waals surface area contributed by atoms with Crippen LogP contribution in [0, 0.1) is 11.8 Å². The maximum Gasteiger partial charge on any atom is 0.227 e. The van der Waals surface area contributed by atoms with Crippen molar-refractivity contribution in [2.24, 2.45) is 11.8 Å². The SMILES string of the molecule is CCCCCCCCC1CC1C(=O)Nc1ccc(OC)cc1. The van der Waals surface area contributed by atoms with Crippen LogP contribution in [0.1, 0.15) is 58.3 Å². The summed E-state index contributed by atoms with van der Waals surface area (Å²) in [4.78, 5) is 12.2. The molecule has 1 aliphatic carbocycles. The van der Waals surface area contributed by atoms with E-state index in [4.69, 9.17) is 4.74 Å². The number of unbranched alkanes of at least 4 members (excludes halogenated alkanes) is 5. The molecular weight excluding hydrogens is 274 g/mol.